The number of carbonyl (C=O) groups is 1. The Morgan fingerprint density at radius 3 is 2.46 bits per heavy atom. The number of nitrogens with one attached hydrogen (secondary N) is 2. The number of urea groups is 1. The standard InChI is InChI=1S/C18H20N2O4/c1-22-15-6-4-5-13(11-15)9-10-19-18(21)20-14-7-8-16(23-2)17(12-14)24-3/h4-12H,1-3H3,(H2,19,20,21)/b10-9+. The Labute approximate surface area is 141 Å². The highest BCUT2D eigenvalue weighted by molar-refractivity contribution is 5.90. The van der Waals surface area contributed by atoms with Crippen molar-refractivity contribution < 1.29 is 19.0 Å². The van der Waals surface area contributed by atoms with Crippen molar-refractivity contribution in [2.24, 2.45) is 0 Å². The molecular weight excluding hydrogens is 308 g/mol. The van der Waals surface area contributed by atoms with Gasteiger partial charge in [-0.2, -0.15) is 0 Å². The molecule has 0 bridgehead atoms. The molecule has 2 aromatic carbocycles. The average Bonchev–Trinajstić information content (AvgIpc) is 2.61. The van der Waals surface area contributed by atoms with E-state index >= 15 is 0 Å². The van der Waals surface area contributed by atoms with Crippen molar-refractivity contribution in [2.45, 2.75) is 0 Å². The highest BCUT2D eigenvalue weighted by Gasteiger charge is 2.06. The molecule has 0 heterocycles. The second-order valence-electron chi connectivity index (χ2n) is 4.78. The van der Waals surface area contributed by atoms with E-state index in [0.29, 0.717) is 17.2 Å². The molecule has 0 fully saturated rings. The van der Waals surface area contributed by atoms with Gasteiger partial charge >= 0.3 is 6.03 Å². The smallest absolute Gasteiger partial charge is 0.323 e. The van der Waals surface area contributed by atoms with Gasteiger partial charge in [0, 0.05) is 18.0 Å². The third kappa shape index (κ3) is 4.67. The topological polar surface area (TPSA) is 68.8 Å². The molecule has 2 aromatic rings. The Kier molecular flexibility index (Phi) is 6.08. The average molecular weight is 328 g/mol. The van der Waals surface area contributed by atoms with Crippen molar-refractivity contribution in [2.75, 3.05) is 26.6 Å². The molecule has 24 heavy (non-hydrogen) atoms. The first-order valence-electron chi connectivity index (χ1n) is 7.26. The largest absolute Gasteiger partial charge is 0.497 e. The molecule has 0 aliphatic carbocycles. The maximum Gasteiger partial charge on any atom is 0.323 e. The number of anilines is 1. The maximum absolute atomic E-state index is 11.9. The Bertz CT molecular complexity index is 729. The van der Waals surface area contributed by atoms with Gasteiger partial charge in [-0.15, -0.1) is 0 Å². The summed E-state index contributed by atoms with van der Waals surface area (Å²) < 4.78 is 15.5. The van der Waals surface area contributed by atoms with Gasteiger partial charge in [0.05, 0.1) is 21.3 Å². The molecule has 0 aromatic heterocycles. The zero-order chi connectivity index (χ0) is 17.4. The van der Waals surface area contributed by atoms with Crippen LogP contribution in [0.15, 0.2) is 48.7 Å². The molecule has 0 spiro atoms. The lowest BCUT2D eigenvalue weighted by Gasteiger charge is -2.10. The fourth-order valence-electron chi connectivity index (χ4n) is 2.04. The van der Waals surface area contributed by atoms with Crippen molar-refractivity contribution in [1.29, 1.82) is 0 Å². The molecule has 0 aliphatic heterocycles. The lowest BCUT2D eigenvalue weighted by atomic mass is 10.2. The van der Waals surface area contributed by atoms with E-state index in [2.05, 4.69) is 10.6 Å². The van der Waals surface area contributed by atoms with E-state index < -0.39 is 0 Å². The summed E-state index contributed by atoms with van der Waals surface area (Å²) in [7, 11) is 4.71. The van der Waals surface area contributed by atoms with Crippen molar-refractivity contribution in [3.8, 4) is 17.2 Å². The summed E-state index contributed by atoms with van der Waals surface area (Å²) >= 11 is 0. The first-order valence-corrected chi connectivity index (χ1v) is 7.26. The third-order valence-electron chi connectivity index (χ3n) is 3.23. The van der Waals surface area contributed by atoms with Gasteiger partial charge in [-0.25, -0.2) is 4.79 Å². The Morgan fingerprint density at radius 1 is 0.958 bits per heavy atom. The maximum atomic E-state index is 11.9. The Balaban J connectivity index is 1.94. The van der Waals surface area contributed by atoms with Crippen LogP contribution in [0.2, 0.25) is 0 Å². The SMILES string of the molecule is COc1cccc(/C=C/NC(=O)Nc2ccc(OC)c(OC)c2)c1. The summed E-state index contributed by atoms with van der Waals surface area (Å²) in [6, 6.07) is 12.3. The third-order valence-corrected chi connectivity index (χ3v) is 3.23. The van der Waals surface area contributed by atoms with Crippen molar-refractivity contribution in [3.63, 3.8) is 0 Å². The van der Waals surface area contributed by atoms with Crippen LogP contribution in [0.25, 0.3) is 6.08 Å². The molecule has 2 rings (SSSR count). The van der Waals surface area contributed by atoms with Crippen LogP contribution >= 0.6 is 0 Å². The van der Waals surface area contributed by atoms with Crippen molar-refractivity contribution in [3.05, 3.63) is 54.2 Å². The Morgan fingerprint density at radius 2 is 1.75 bits per heavy atom. The second kappa shape index (κ2) is 8.47. The molecule has 0 saturated carbocycles. The lowest BCUT2D eigenvalue weighted by molar-refractivity contribution is 0.255. The van der Waals surface area contributed by atoms with E-state index in [1.807, 2.05) is 24.3 Å². The molecule has 126 valence electrons. The summed E-state index contributed by atoms with van der Waals surface area (Å²) in [5.74, 6) is 1.90. The van der Waals surface area contributed by atoms with Crippen molar-refractivity contribution in [1.82, 2.24) is 5.32 Å². The summed E-state index contributed by atoms with van der Waals surface area (Å²) in [5, 5.41) is 5.35. The predicted molar refractivity (Wildman–Crippen MR) is 93.7 cm³/mol. The summed E-state index contributed by atoms with van der Waals surface area (Å²) in [5.41, 5.74) is 1.51. The lowest BCUT2D eigenvalue weighted by Crippen LogP contribution is -2.23. The molecule has 2 amide bonds. The summed E-state index contributed by atoms with van der Waals surface area (Å²) in [6.45, 7) is 0. The molecule has 2 N–H and O–H groups in total. The minimum absolute atomic E-state index is 0.360. The van der Waals surface area contributed by atoms with Crippen LogP contribution in [-0.2, 0) is 0 Å². The van der Waals surface area contributed by atoms with E-state index in [1.54, 1.807) is 51.8 Å². The number of amides is 2. The minimum Gasteiger partial charge on any atom is -0.497 e. The predicted octanol–water partition coefficient (Wildman–Crippen LogP) is 3.50. The number of ether oxygens (including phenoxy) is 3. The van der Waals surface area contributed by atoms with Gasteiger partial charge in [-0.3, -0.25) is 0 Å². The zero-order valence-corrected chi connectivity index (χ0v) is 13.8. The molecular formula is C18H20N2O4. The van der Waals surface area contributed by atoms with Crippen LogP contribution in [0.1, 0.15) is 5.56 Å². The molecule has 6 nitrogen and oxygen atoms in total. The molecule has 0 aliphatic rings. The normalized spacial score (nSPS) is 10.3. The van der Waals surface area contributed by atoms with Crippen LogP contribution in [0.4, 0.5) is 10.5 Å². The van der Waals surface area contributed by atoms with Crippen LogP contribution in [-0.4, -0.2) is 27.4 Å². The number of hydrogen-bond acceptors (Lipinski definition) is 4. The first kappa shape index (κ1) is 17.2. The minimum atomic E-state index is -0.360. The Hall–Kier alpha value is -3.15. The number of benzene rings is 2. The van der Waals surface area contributed by atoms with Gasteiger partial charge in [0.15, 0.2) is 11.5 Å². The number of rotatable bonds is 6. The highest BCUT2D eigenvalue weighted by atomic mass is 16.5. The molecule has 0 atom stereocenters. The first-order chi connectivity index (χ1) is 11.7. The van der Waals surface area contributed by atoms with E-state index in [1.165, 1.54) is 0 Å². The highest BCUT2D eigenvalue weighted by Crippen LogP contribution is 2.29. The fraction of sp³-hybridized carbons (Fsp3) is 0.167. The van der Waals surface area contributed by atoms with Gasteiger partial charge < -0.3 is 24.8 Å². The molecule has 0 unspecified atom stereocenters. The van der Waals surface area contributed by atoms with Crippen LogP contribution in [0, 0.1) is 0 Å². The summed E-state index contributed by atoms with van der Waals surface area (Å²) in [4.78, 5) is 11.9. The molecule has 0 radical (unpaired) electrons. The van der Waals surface area contributed by atoms with E-state index in [9.17, 15) is 4.79 Å². The van der Waals surface area contributed by atoms with Gasteiger partial charge in [-0.05, 0) is 35.9 Å². The molecule has 0 saturated heterocycles. The van der Waals surface area contributed by atoms with Gasteiger partial charge in [0.1, 0.15) is 5.75 Å². The van der Waals surface area contributed by atoms with E-state index in [0.717, 1.165) is 11.3 Å². The number of hydrogen-bond donors (Lipinski definition) is 2. The van der Waals surface area contributed by atoms with E-state index in [-0.39, 0.29) is 6.03 Å². The van der Waals surface area contributed by atoms with Crippen LogP contribution in [0.5, 0.6) is 17.2 Å². The monoisotopic (exact) mass is 328 g/mol. The summed E-state index contributed by atoms with van der Waals surface area (Å²) in [6.07, 6.45) is 3.33. The van der Waals surface area contributed by atoms with Gasteiger partial charge in [-0.1, -0.05) is 12.1 Å². The zero-order valence-electron chi connectivity index (χ0n) is 13.8. The second-order valence-corrected chi connectivity index (χ2v) is 4.78. The number of methoxy groups -OCH3 is 3. The molecule has 6 heteroatoms. The van der Waals surface area contributed by atoms with Gasteiger partial charge in [0.25, 0.3) is 0 Å². The quantitative estimate of drug-likeness (QED) is 0.851. The fourth-order valence-corrected chi connectivity index (χ4v) is 2.04. The van der Waals surface area contributed by atoms with E-state index in [4.69, 9.17) is 14.2 Å². The van der Waals surface area contributed by atoms with Crippen LogP contribution in [0.3, 0.4) is 0 Å². The van der Waals surface area contributed by atoms with Crippen LogP contribution < -0.4 is 24.8 Å². The van der Waals surface area contributed by atoms with Crippen molar-refractivity contribution >= 4 is 17.8 Å². The number of carbonyl (C=O) groups excluding carboxylic acids is 1. The van der Waals surface area contributed by atoms with Gasteiger partial charge in [0.2, 0.25) is 0 Å².